The molecule has 1 unspecified atom stereocenters. The summed E-state index contributed by atoms with van der Waals surface area (Å²) in [6.45, 7) is 11.5. The van der Waals surface area contributed by atoms with Crippen molar-refractivity contribution in [3.05, 3.63) is 29.3 Å². The number of benzene rings is 1. The summed E-state index contributed by atoms with van der Waals surface area (Å²) in [5.74, 6) is -0.0221. The molecule has 192 valence electrons. The van der Waals surface area contributed by atoms with Crippen molar-refractivity contribution in [2.45, 2.75) is 84.6 Å². The van der Waals surface area contributed by atoms with Gasteiger partial charge in [-0.3, -0.25) is 14.5 Å². The lowest BCUT2D eigenvalue weighted by atomic mass is 9.49. The largest absolute Gasteiger partial charge is 0.465 e. The van der Waals surface area contributed by atoms with Gasteiger partial charge in [0.15, 0.2) is 5.78 Å². The van der Waals surface area contributed by atoms with Crippen LogP contribution in [0.25, 0.3) is 0 Å². The molecule has 7 heteroatoms. The predicted molar refractivity (Wildman–Crippen MR) is 137 cm³/mol. The summed E-state index contributed by atoms with van der Waals surface area (Å²) in [4.78, 5) is 41.0. The van der Waals surface area contributed by atoms with Gasteiger partial charge in [0.1, 0.15) is 6.04 Å². The van der Waals surface area contributed by atoms with Crippen LogP contribution in [-0.2, 0) is 21.4 Å². The highest BCUT2D eigenvalue weighted by Crippen LogP contribution is 2.57. The number of anilines is 1. The van der Waals surface area contributed by atoms with Gasteiger partial charge in [0, 0.05) is 37.2 Å². The number of nitrogens with two attached hydrogens (primary N) is 1. The van der Waals surface area contributed by atoms with Gasteiger partial charge in [-0.05, 0) is 65.7 Å². The number of carbonyl (C=O) groups is 3. The molecular weight excluding hydrogens is 442 g/mol. The smallest absolute Gasteiger partial charge is 0.408 e. The number of carboxylic acid groups (broad SMARTS) is 1. The molecule has 7 nitrogen and oxygen atoms in total. The van der Waals surface area contributed by atoms with Crippen LogP contribution in [0.15, 0.2) is 18.2 Å². The number of fused-ring (bicyclic) bond motifs is 3. The summed E-state index contributed by atoms with van der Waals surface area (Å²) >= 11 is 0. The molecule has 4 rings (SSSR count). The molecule has 1 aromatic rings. The van der Waals surface area contributed by atoms with Crippen LogP contribution in [0, 0.1) is 16.7 Å². The summed E-state index contributed by atoms with van der Waals surface area (Å²) in [5, 5.41) is 9.75. The van der Waals surface area contributed by atoms with E-state index in [1.165, 1.54) is 16.0 Å². The Morgan fingerprint density at radius 2 is 1.86 bits per heavy atom. The van der Waals surface area contributed by atoms with Crippen LogP contribution in [0.2, 0.25) is 0 Å². The van der Waals surface area contributed by atoms with Crippen LogP contribution < -0.4 is 10.6 Å². The first-order valence-electron chi connectivity index (χ1n) is 13.0. The maximum absolute atomic E-state index is 13.1. The molecule has 35 heavy (non-hydrogen) atoms. The molecule has 2 amide bonds. The normalized spacial score (nSPS) is 30.9. The number of rotatable bonds is 4. The van der Waals surface area contributed by atoms with Crippen molar-refractivity contribution >= 4 is 23.5 Å². The van der Waals surface area contributed by atoms with Gasteiger partial charge in [-0.1, -0.05) is 47.1 Å². The van der Waals surface area contributed by atoms with Crippen molar-refractivity contribution in [3.63, 3.8) is 0 Å². The van der Waals surface area contributed by atoms with E-state index in [-0.39, 0.29) is 28.4 Å². The molecule has 1 saturated carbocycles. The van der Waals surface area contributed by atoms with Gasteiger partial charge in [-0.15, -0.1) is 0 Å². The number of primary amides is 1. The molecular formula is C28H41N3O4. The highest BCUT2D eigenvalue weighted by molar-refractivity contribution is 5.88. The number of carbonyl (C=O) groups excluding carboxylic acids is 2. The Hall–Kier alpha value is -2.57. The van der Waals surface area contributed by atoms with Gasteiger partial charge in [0.05, 0.1) is 0 Å². The number of nitrogens with zero attached hydrogens (tertiary/aromatic N) is 2. The lowest BCUT2D eigenvalue weighted by molar-refractivity contribution is -0.135. The molecule has 1 saturated heterocycles. The van der Waals surface area contributed by atoms with Crippen molar-refractivity contribution in [3.8, 4) is 0 Å². The fraction of sp³-hybridized carbons (Fsp3) is 0.679. The Labute approximate surface area is 209 Å². The van der Waals surface area contributed by atoms with Crippen molar-refractivity contribution in [1.82, 2.24) is 4.90 Å². The van der Waals surface area contributed by atoms with E-state index in [4.69, 9.17) is 5.73 Å². The SMILES string of the molecule is CC(C)(C)CC(=O)C1CN(c2ccc3c(c2)[C@@]2(C)CCC[C@](C)(C(N)=O)[C@@H]2CC3)CCN1C(=O)O. The van der Waals surface area contributed by atoms with Crippen LogP contribution in [0.4, 0.5) is 10.5 Å². The van der Waals surface area contributed by atoms with E-state index >= 15 is 0 Å². The summed E-state index contributed by atoms with van der Waals surface area (Å²) in [7, 11) is 0. The Kier molecular flexibility index (Phi) is 6.43. The zero-order chi connectivity index (χ0) is 25.8. The van der Waals surface area contributed by atoms with Gasteiger partial charge >= 0.3 is 6.09 Å². The fourth-order valence-corrected chi connectivity index (χ4v) is 7.10. The molecule has 0 radical (unpaired) electrons. The Morgan fingerprint density at radius 1 is 1.14 bits per heavy atom. The highest BCUT2D eigenvalue weighted by atomic mass is 16.4. The number of ketones is 1. The third-order valence-electron chi connectivity index (χ3n) is 8.97. The summed E-state index contributed by atoms with van der Waals surface area (Å²) in [5.41, 5.74) is 8.73. The summed E-state index contributed by atoms with van der Waals surface area (Å²) < 4.78 is 0. The minimum atomic E-state index is -1.04. The molecule has 1 heterocycles. The van der Waals surface area contributed by atoms with Crippen LogP contribution in [0.3, 0.4) is 0 Å². The molecule has 0 spiro atoms. The van der Waals surface area contributed by atoms with Gasteiger partial charge in [-0.25, -0.2) is 4.79 Å². The predicted octanol–water partition coefficient (Wildman–Crippen LogP) is 4.36. The topological polar surface area (TPSA) is 104 Å². The Morgan fingerprint density at radius 3 is 2.49 bits per heavy atom. The second-order valence-electron chi connectivity index (χ2n) is 12.6. The summed E-state index contributed by atoms with van der Waals surface area (Å²) in [6.07, 6.45) is 4.02. The molecule has 1 aromatic carbocycles. The highest BCUT2D eigenvalue weighted by Gasteiger charge is 2.54. The Balaban J connectivity index is 1.65. The van der Waals surface area contributed by atoms with E-state index < -0.39 is 17.6 Å². The monoisotopic (exact) mass is 483 g/mol. The van der Waals surface area contributed by atoms with Crippen molar-refractivity contribution in [2.75, 3.05) is 24.5 Å². The van der Waals surface area contributed by atoms with E-state index in [9.17, 15) is 19.5 Å². The minimum absolute atomic E-state index is 0.0286. The fourth-order valence-electron chi connectivity index (χ4n) is 7.10. The molecule has 2 aliphatic carbocycles. The maximum atomic E-state index is 13.1. The second kappa shape index (κ2) is 8.82. The van der Waals surface area contributed by atoms with E-state index in [1.54, 1.807) is 0 Å². The van der Waals surface area contributed by atoms with Gasteiger partial charge < -0.3 is 15.7 Å². The van der Waals surface area contributed by atoms with Crippen LogP contribution in [0.5, 0.6) is 0 Å². The number of hydrogen-bond donors (Lipinski definition) is 2. The molecule has 4 atom stereocenters. The third-order valence-corrected chi connectivity index (χ3v) is 8.97. The molecule has 2 fully saturated rings. The zero-order valence-corrected chi connectivity index (χ0v) is 21.9. The van der Waals surface area contributed by atoms with Gasteiger partial charge in [0.25, 0.3) is 0 Å². The first kappa shape index (κ1) is 25.5. The van der Waals surface area contributed by atoms with E-state index in [0.717, 1.165) is 37.8 Å². The van der Waals surface area contributed by atoms with Crippen molar-refractivity contribution < 1.29 is 19.5 Å². The van der Waals surface area contributed by atoms with E-state index in [1.807, 2.05) is 27.7 Å². The number of aryl methyl sites for hydroxylation is 1. The first-order chi connectivity index (χ1) is 16.3. The quantitative estimate of drug-likeness (QED) is 0.662. The van der Waals surface area contributed by atoms with E-state index in [2.05, 4.69) is 30.0 Å². The average Bonchev–Trinajstić information content (AvgIpc) is 2.77. The second-order valence-corrected chi connectivity index (χ2v) is 12.6. The minimum Gasteiger partial charge on any atom is -0.465 e. The van der Waals surface area contributed by atoms with Crippen molar-refractivity contribution in [1.29, 1.82) is 0 Å². The number of hydrogen-bond acceptors (Lipinski definition) is 4. The standard InChI is InChI=1S/C28H41N3O4/c1-26(2,3)16-22(32)21-17-30(13-14-31(21)25(34)35)19-9-7-18-8-10-23-27(4,20(18)15-19)11-6-12-28(23,5)24(29)33/h7,9,15,21,23H,6,8,10-14,16-17H2,1-5H3,(H2,29,33)(H,34,35)/t21?,23-,27-,28+/m1/s1. The van der Waals surface area contributed by atoms with Crippen LogP contribution in [0.1, 0.15) is 77.8 Å². The van der Waals surface area contributed by atoms with Crippen LogP contribution >= 0.6 is 0 Å². The zero-order valence-electron chi connectivity index (χ0n) is 21.9. The van der Waals surface area contributed by atoms with Crippen LogP contribution in [-0.4, -0.2) is 53.5 Å². The Bertz CT molecular complexity index is 1030. The molecule has 0 bridgehead atoms. The lowest BCUT2D eigenvalue weighted by Crippen LogP contribution is -2.58. The number of amides is 2. The maximum Gasteiger partial charge on any atom is 0.408 e. The van der Waals surface area contributed by atoms with E-state index in [0.29, 0.717) is 26.1 Å². The number of Topliss-reactive ketones (excluding diaryl/α,β-unsaturated/α-hetero) is 1. The first-order valence-corrected chi connectivity index (χ1v) is 13.0. The average molecular weight is 484 g/mol. The number of piperazine rings is 1. The van der Waals surface area contributed by atoms with Gasteiger partial charge in [0.2, 0.25) is 5.91 Å². The molecule has 0 aromatic heterocycles. The molecule has 1 aliphatic heterocycles. The third kappa shape index (κ3) is 4.54. The van der Waals surface area contributed by atoms with Gasteiger partial charge in [-0.2, -0.15) is 0 Å². The summed E-state index contributed by atoms with van der Waals surface area (Å²) in [6, 6.07) is 5.88. The molecule has 3 aliphatic rings. The van der Waals surface area contributed by atoms with Crippen molar-refractivity contribution in [2.24, 2.45) is 22.5 Å². The lowest BCUT2D eigenvalue weighted by Gasteiger charge is -2.54. The molecule has 3 N–H and O–H groups in total.